The van der Waals surface area contributed by atoms with Crippen LogP contribution in [0.15, 0.2) is 29.2 Å². The zero-order chi connectivity index (χ0) is 14.5. The molecule has 0 atom stereocenters. The molecule has 1 aromatic rings. The molecule has 1 amide bonds. The number of hydrogen-bond donors (Lipinski definition) is 2. The summed E-state index contributed by atoms with van der Waals surface area (Å²) in [7, 11) is -3.55. The largest absolute Gasteiger partial charge is 0.452 e. The second-order valence-corrected chi connectivity index (χ2v) is 5.34. The van der Waals surface area contributed by atoms with Gasteiger partial charge in [0.25, 0.3) is 5.91 Å². The quantitative estimate of drug-likeness (QED) is 0.692. The van der Waals surface area contributed by atoms with Gasteiger partial charge in [0, 0.05) is 6.54 Å². The van der Waals surface area contributed by atoms with Crippen LogP contribution < -0.4 is 10.5 Å². The molecule has 0 fully saturated rings. The molecule has 0 unspecified atom stereocenters. The van der Waals surface area contributed by atoms with Crippen molar-refractivity contribution < 1.29 is 22.7 Å². The van der Waals surface area contributed by atoms with Crippen LogP contribution in [0.2, 0.25) is 0 Å². The van der Waals surface area contributed by atoms with Crippen LogP contribution in [0.4, 0.5) is 0 Å². The predicted octanol–water partition coefficient (Wildman–Crippen LogP) is -0.373. The molecule has 0 heterocycles. The second kappa shape index (κ2) is 6.30. The van der Waals surface area contributed by atoms with Crippen LogP contribution in [0.5, 0.6) is 0 Å². The van der Waals surface area contributed by atoms with Crippen LogP contribution in [0, 0.1) is 0 Å². The maximum absolute atomic E-state index is 11.6. The highest BCUT2D eigenvalue weighted by Gasteiger charge is 2.14. The molecule has 0 aliphatic rings. The Morgan fingerprint density at radius 2 is 1.84 bits per heavy atom. The summed E-state index contributed by atoms with van der Waals surface area (Å²) in [6, 6.07) is 5.15. The van der Waals surface area contributed by atoms with E-state index in [1.54, 1.807) is 6.92 Å². The summed E-state index contributed by atoms with van der Waals surface area (Å²) in [6.07, 6.45) is 0. The summed E-state index contributed by atoms with van der Waals surface area (Å²) >= 11 is 0. The fourth-order valence-electron chi connectivity index (χ4n) is 1.26. The first-order valence-electron chi connectivity index (χ1n) is 5.42. The van der Waals surface area contributed by atoms with Crippen LogP contribution in [-0.2, 0) is 19.6 Å². The third-order valence-electron chi connectivity index (χ3n) is 2.08. The summed E-state index contributed by atoms with van der Waals surface area (Å²) < 4.78 is 30.2. The van der Waals surface area contributed by atoms with Gasteiger partial charge in [0.05, 0.1) is 10.5 Å². The lowest BCUT2D eigenvalue weighted by Gasteiger charge is -2.06. The van der Waals surface area contributed by atoms with E-state index in [0.717, 1.165) is 0 Å². The highest BCUT2D eigenvalue weighted by molar-refractivity contribution is 7.89. The second-order valence-electron chi connectivity index (χ2n) is 3.57. The van der Waals surface area contributed by atoms with Crippen LogP contribution in [0.1, 0.15) is 17.3 Å². The lowest BCUT2D eigenvalue weighted by Crippen LogP contribution is -2.23. The van der Waals surface area contributed by atoms with Gasteiger partial charge in [-0.2, -0.15) is 0 Å². The number of ether oxygens (including phenoxy) is 1. The number of sulfonamides is 1. The molecule has 0 saturated heterocycles. The lowest BCUT2D eigenvalue weighted by atomic mass is 10.2. The lowest BCUT2D eigenvalue weighted by molar-refractivity contribution is -0.121. The first-order valence-corrected chi connectivity index (χ1v) is 6.90. The van der Waals surface area contributed by atoms with Gasteiger partial charge < -0.3 is 10.5 Å². The Hall–Kier alpha value is -1.93. The smallest absolute Gasteiger partial charge is 0.338 e. The van der Waals surface area contributed by atoms with Crippen molar-refractivity contribution in [3.63, 3.8) is 0 Å². The molecule has 0 bridgehead atoms. The van der Waals surface area contributed by atoms with E-state index >= 15 is 0 Å². The van der Waals surface area contributed by atoms with Gasteiger partial charge in [-0.1, -0.05) is 6.92 Å². The van der Waals surface area contributed by atoms with Gasteiger partial charge in [0.15, 0.2) is 6.61 Å². The van der Waals surface area contributed by atoms with E-state index in [1.165, 1.54) is 24.3 Å². The number of nitrogens with two attached hydrogens (primary N) is 1. The Kier molecular flexibility index (Phi) is 5.02. The molecule has 104 valence electrons. The van der Waals surface area contributed by atoms with Crippen molar-refractivity contribution in [1.82, 2.24) is 4.72 Å². The van der Waals surface area contributed by atoms with E-state index in [4.69, 9.17) is 5.73 Å². The monoisotopic (exact) mass is 286 g/mol. The van der Waals surface area contributed by atoms with Gasteiger partial charge in [0.1, 0.15) is 0 Å². The summed E-state index contributed by atoms with van der Waals surface area (Å²) in [5.41, 5.74) is 4.97. The van der Waals surface area contributed by atoms with E-state index in [2.05, 4.69) is 9.46 Å². The highest BCUT2D eigenvalue weighted by atomic mass is 32.2. The zero-order valence-electron chi connectivity index (χ0n) is 10.3. The number of nitrogens with one attached hydrogen (secondary N) is 1. The third-order valence-corrected chi connectivity index (χ3v) is 3.64. The van der Waals surface area contributed by atoms with Gasteiger partial charge in [-0.05, 0) is 24.3 Å². The fourth-order valence-corrected chi connectivity index (χ4v) is 2.30. The Bertz CT molecular complexity index is 565. The first-order chi connectivity index (χ1) is 8.86. The summed E-state index contributed by atoms with van der Waals surface area (Å²) in [5.74, 6) is -1.51. The molecule has 1 rings (SSSR count). The number of esters is 1. The van der Waals surface area contributed by atoms with Crippen LogP contribution >= 0.6 is 0 Å². The Morgan fingerprint density at radius 3 is 2.32 bits per heavy atom. The maximum Gasteiger partial charge on any atom is 0.338 e. The van der Waals surface area contributed by atoms with Crippen molar-refractivity contribution >= 4 is 21.9 Å². The Labute approximate surface area is 110 Å². The van der Waals surface area contributed by atoms with Gasteiger partial charge >= 0.3 is 5.97 Å². The molecular weight excluding hydrogens is 272 g/mol. The van der Waals surface area contributed by atoms with Crippen molar-refractivity contribution in [1.29, 1.82) is 0 Å². The van der Waals surface area contributed by atoms with Crippen LogP contribution in [0.3, 0.4) is 0 Å². The molecule has 0 aromatic heterocycles. The van der Waals surface area contributed by atoms with E-state index < -0.39 is 28.5 Å². The van der Waals surface area contributed by atoms with E-state index in [1.807, 2.05) is 0 Å². The summed E-state index contributed by atoms with van der Waals surface area (Å²) in [4.78, 5) is 21.9. The molecule has 0 saturated carbocycles. The molecule has 7 nitrogen and oxygen atoms in total. The normalized spacial score (nSPS) is 11.0. The number of primary amides is 1. The SMILES string of the molecule is CCNS(=O)(=O)c1ccc(C(=O)OCC(N)=O)cc1. The molecule has 0 aliphatic heterocycles. The number of hydrogen-bond acceptors (Lipinski definition) is 5. The van der Waals surface area contributed by atoms with Gasteiger partial charge in [0.2, 0.25) is 10.0 Å². The van der Waals surface area contributed by atoms with Crippen molar-refractivity contribution in [2.45, 2.75) is 11.8 Å². The average Bonchev–Trinajstić information content (AvgIpc) is 2.36. The Morgan fingerprint density at radius 1 is 1.26 bits per heavy atom. The average molecular weight is 286 g/mol. The molecule has 19 heavy (non-hydrogen) atoms. The standard InChI is InChI=1S/C11H14N2O5S/c1-2-13-19(16,17)9-5-3-8(4-6-9)11(15)18-7-10(12)14/h3-6,13H,2,7H2,1H3,(H2,12,14). The van der Waals surface area contributed by atoms with E-state index in [-0.39, 0.29) is 17.0 Å². The van der Waals surface area contributed by atoms with Gasteiger partial charge in [-0.15, -0.1) is 0 Å². The third kappa shape index (κ3) is 4.34. The van der Waals surface area contributed by atoms with Crippen LogP contribution in [-0.4, -0.2) is 33.4 Å². The number of benzene rings is 1. The predicted molar refractivity (Wildman–Crippen MR) is 66.8 cm³/mol. The minimum absolute atomic E-state index is 0.0424. The zero-order valence-corrected chi connectivity index (χ0v) is 11.1. The first kappa shape index (κ1) is 15.1. The molecule has 0 radical (unpaired) electrons. The van der Waals surface area contributed by atoms with Crippen molar-refractivity contribution in [2.75, 3.05) is 13.2 Å². The fraction of sp³-hybridized carbons (Fsp3) is 0.273. The number of rotatable bonds is 6. The minimum Gasteiger partial charge on any atom is -0.452 e. The molecule has 8 heteroatoms. The molecule has 0 aliphatic carbocycles. The number of carbonyl (C=O) groups is 2. The molecule has 0 spiro atoms. The maximum atomic E-state index is 11.6. The van der Waals surface area contributed by atoms with E-state index in [9.17, 15) is 18.0 Å². The van der Waals surface area contributed by atoms with Crippen molar-refractivity contribution in [3.05, 3.63) is 29.8 Å². The minimum atomic E-state index is -3.55. The molecule has 1 aromatic carbocycles. The van der Waals surface area contributed by atoms with Crippen molar-refractivity contribution in [2.24, 2.45) is 5.73 Å². The number of amides is 1. The van der Waals surface area contributed by atoms with E-state index in [0.29, 0.717) is 0 Å². The summed E-state index contributed by atoms with van der Waals surface area (Å²) in [6.45, 7) is 1.41. The van der Waals surface area contributed by atoms with Gasteiger partial charge in [-0.3, -0.25) is 4.79 Å². The highest BCUT2D eigenvalue weighted by Crippen LogP contribution is 2.11. The number of carbonyl (C=O) groups excluding carboxylic acids is 2. The Balaban J connectivity index is 2.82. The molecular formula is C11H14N2O5S. The topological polar surface area (TPSA) is 116 Å². The van der Waals surface area contributed by atoms with Gasteiger partial charge in [-0.25, -0.2) is 17.9 Å². The summed E-state index contributed by atoms with van der Waals surface area (Å²) in [5, 5.41) is 0. The van der Waals surface area contributed by atoms with Crippen molar-refractivity contribution in [3.8, 4) is 0 Å². The van der Waals surface area contributed by atoms with Crippen LogP contribution in [0.25, 0.3) is 0 Å². The molecule has 3 N–H and O–H groups in total.